The van der Waals surface area contributed by atoms with Crippen molar-refractivity contribution in [2.24, 2.45) is 5.92 Å². The largest absolute Gasteiger partial charge is 0.383 e. The summed E-state index contributed by atoms with van der Waals surface area (Å²) in [5.74, 6) is 0.252. The first-order valence-corrected chi connectivity index (χ1v) is 9.15. The molecule has 0 radical (unpaired) electrons. The van der Waals surface area contributed by atoms with Crippen LogP contribution in [0.2, 0.25) is 0 Å². The molecule has 1 saturated carbocycles. The molecule has 0 saturated heterocycles. The van der Waals surface area contributed by atoms with Gasteiger partial charge in [-0.1, -0.05) is 30.6 Å². The van der Waals surface area contributed by atoms with E-state index in [1.54, 1.807) is 24.4 Å². The third-order valence-corrected chi connectivity index (χ3v) is 5.29. The third kappa shape index (κ3) is 3.96. The molecule has 2 heterocycles. The van der Waals surface area contributed by atoms with Gasteiger partial charge in [-0.05, 0) is 25.0 Å². The van der Waals surface area contributed by atoms with Gasteiger partial charge in [0.15, 0.2) is 5.01 Å². The van der Waals surface area contributed by atoms with Crippen molar-refractivity contribution in [1.29, 1.82) is 0 Å². The summed E-state index contributed by atoms with van der Waals surface area (Å²) in [7, 11) is 1.64. The van der Waals surface area contributed by atoms with E-state index in [1.807, 2.05) is 12.1 Å². The first kappa shape index (κ1) is 17.0. The first-order chi connectivity index (χ1) is 11.8. The van der Waals surface area contributed by atoms with Crippen molar-refractivity contribution in [1.82, 2.24) is 15.2 Å². The van der Waals surface area contributed by atoms with Gasteiger partial charge in [-0.15, -0.1) is 10.2 Å². The second-order valence-electron chi connectivity index (χ2n) is 5.95. The van der Waals surface area contributed by atoms with E-state index >= 15 is 0 Å². The van der Waals surface area contributed by atoms with Crippen LogP contribution in [-0.4, -0.2) is 41.3 Å². The summed E-state index contributed by atoms with van der Waals surface area (Å²) >= 11 is 1.42. The van der Waals surface area contributed by atoms with Crippen LogP contribution in [0.3, 0.4) is 0 Å². The molecule has 0 atom stereocenters. The van der Waals surface area contributed by atoms with E-state index in [9.17, 15) is 4.79 Å². The highest BCUT2D eigenvalue weighted by molar-refractivity contribution is 7.18. The summed E-state index contributed by atoms with van der Waals surface area (Å²) in [5, 5.41) is 9.90. The van der Waals surface area contributed by atoms with Crippen LogP contribution < -0.4 is 4.90 Å². The van der Waals surface area contributed by atoms with Gasteiger partial charge in [-0.2, -0.15) is 0 Å². The van der Waals surface area contributed by atoms with E-state index in [1.165, 1.54) is 17.8 Å². The molecular formula is C17H22N4O2S. The molecule has 1 amide bonds. The van der Waals surface area contributed by atoms with Crippen LogP contribution in [0.5, 0.6) is 0 Å². The van der Waals surface area contributed by atoms with E-state index in [4.69, 9.17) is 4.74 Å². The highest BCUT2D eigenvalue weighted by Gasteiger charge is 2.28. The molecule has 0 unspecified atom stereocenters. The Bertz CT molecular complexity index is 656. The summed E-state index contributed by atoms with van der Waals surface area (Å²) < 4.78 is 5.18. The average Bonchev–Trinajstić information content (AvgIpc) is 3.13. The molecule has 2 aromatic rings. The zero-order valence-corrected chi connectivity index (χ0v) is 14.7. The van der Waals surface area contributed by atoms with Crippen LogP contribution in [0.4, 0.5) is 5.13 Å². The fraction of sp³-hybridized carbons (Fsp3) is 0.529. The second-order valence-corrected chi connectivity index (χ2v) is 6.91. The zero-order valence-electron chi connectivity index (χ0n) is 13.9. The molecule has 2 aromatic heterocycles. The molecule has 128 valence electrons. The number of methoxy groups -OCH3 is 1. The molecule has 6 nitrogen and oxygen atoms in total. The van der Waals surface area contributed by atoms with Crippen molar-refractivity contribution in [3.63, 3.8) is 0 Å². The van der Waals surface area contributed by atoms with E-state index in [2.05, 4.69) is 15.2 Å². The molecular weight excluding hydrogens is 324 g/mol. The van der Waals surface area contributed by atoms with Crippen LogP contribution in [-0.2, 0) is 9.53 Å². The highest BCUT2D eigenvalue weighted by atomic mass is 32.1. The minimum atomic E-state index is 0.0985. The number of hydrogen-bond acceptors (Lipinski definition) is 6. The molecule has 7 heteroatoms. The Labute approximate surface area is 145 Å². The maximum atomic E-state index is 12.9. The number of amides is 1. The topological polar surface area (TPSA) is 68.2 Å². The normalized spacial score (nSPS) is 15.4. The number of pyridine rings is 1. The van der Waals surface area contributed by atoms with Crippen LogP contribution in [0.25, 0.3) is 10.6 Å². The summed E-state index contributed by atoms with van der Waals surface area (Å²) in [6.07, 6.45) is 8.91. The molecule has 1 fully saturated rings. The molecule has 0 aliphatic heterocycles. The number of rotatable bonds is 6. The molecule has 24 heavy (non-hydrogen) atoms. The van der Waals surface area contributed by atoms with Gasteiger partial charge in [-0.3, -0.25) is 14.7 Å². The van der Waals surface area contributed by atoms with E-state index in [0.29, 0.717) is 18.3 Å². The van der Waals surface area contributed by atoms with Crippen LogP contribution in [0.1, 0.15) is 32.1 Å². The number of aromatic nitrogens is 3. The fourth-order valence-electron chi connectivity index (χ4n) is 2.98. The highest BCUT2D eigenvalue weighted by Crippen LogP contribution is 2.31. The van der Waals surface area contributed by atoms with Crippen LogP contribution in [0.15, 0.2) is 24.5 Å². The van der Waals surface area contributed by atoms with Crippen molar-refractivity contribution in [2.45, 2.75) is 32.1 Å². The van der Waals surface area contributed by atoms with Crippen LogP contribution >= 0.6 is 11.3 Å². The van der Waals surface area contributed by atoms with Crippen molar-refractivity contribution in [3.05, 3.63) is 24.5 Å². The number of ether oxygens (including phenoxy) is 1. The number of carbonyl (C=O) groups excluding carboxylic acids is 1. The SMILES string of the molecule is COCCN(C(=O)C1CCCCC1)c1nnc(-c2cccnc2)s1. The second kappa shape index (κ2) is 8.30. The smallest absolute Gasteiger partial charge is 0.232 e. The Balaban J connectivity index is 1.80. The lowest BCUT2D eigenvalue weighted by molar-refractivity contribution is -0.123. The van der Waals surface area contributed by atoms with Crippen molar-refractivity contribution in [3.8, 4) is 10.6 Å². The monoisotopic (exact) mass is 346 g/mol. The number of hydrogen-bond donors (Lipinski definition) is 0. The molecule has 3 rings (SSSR count). The van der Waals surface area contributed by atoms with E-state index in [0.717, 1.165) is 36.3 Å². The number of anilines is 1. The molecule has 1 aliphatic rings. The maximum absolute atomic E-state index is 12.9. The van der Waals surface area contributed by atoms with Gasteiger partial charge in [-0.25, -0.2) is 0 Å². The van der Waals surface area contributed by atoms with Gasteiger partial charge in [0.1, 0.15) is 0 Å². The molecule has 0 bridgehead atoms. The lowest BCUT2D eigenvalue weighted by Gasteiger charge is -2.27. The average molecular weight is 346 g/mol. The zero-order chi connectivity index (χ0) is 16.8. The Kier molecular flexibility index (Phi) is 5.87. The van der Waals surface area contributed by atoms with Gasteiger partial charge in [0.25, 0.3) is 0 Å². The lowest BCUT2D eigenvalue weighted by Crippen LogP contribution is -2.39. The third-order valence-electron chi connectivity index (χ3n) is 4.29. The predicted molar refractivity (Wildman–Crippen MR) is 93.9 cm³/mol. The first-order valence-electron chi connectivity index (χ1n) is 8.34. The minimum absolute atomic E-state index is 0.0985. The van der Waals surface area contributed by atoms with E-state index < -0.39 is 0 Å². The van der Waals surface area contributed by atoms with Crippen molar-refractivity contribution >= 4 is 22.4 Å². The molecule has 1 aliphatic carbocycles. The summed E-state index contributed by atoms with van der Waals surface area (Å²) in [5.41, 5.74) is 0.915. The van der Waals surface area contributed by atoms with Gasteiger partial charge >= 0.3 is 0 Å². The summed E-state index contributed by atoms with van der Waals surface area (Å²) in [6, 6.07) is 3.81. The van der Waals surface area contributed by atoms with Crippen molar-refractivity contribution < 1.29 is 9.53 Å². The van der Waals surface area contributed by atoms with Gasteiger partial charge in [0, 0.05) is 31.0 Å². The van der Waals surface area contributed by atoms with Gasteiger partial charge < -0.3 is 4.74 Å². The molecule has 0 spiro atoms. The molecule has 0 aromatic carbocycles. The Morgan fingerprint density at radius 1 is 1.33 bits per heavy atom. The predicted octanol–water partition coefficient (Wildman–Crippen LogP) is 3.16. The van der Waals surface area contributed by atoms with Crippen LogP contribution in [0, 0.1) is 5.92 Å². The fourth-order valence-corrected chi connectivity index (χ4v) is 3.85. The number of carbonyl (C=O) groups is 1. The van der Waals surface area contributed by atoms with Gasteiger partial charge in [0.2, 0.25) is 11.0 Å². The minimum Gasteiger partial charge on any atom is -0.383 e. The van der Waals surface area contributed by atoms with E-state index in [-0.39, 0.29) is 11.8 Å². The lowest BCUT2D eigenvalue weighted by atomic mass is 9.88. The Hall–Kier alpha value is -1.86. The van der Waals surface area contributed by atoms with Crippen molar-refractivity contribution in [2.75, 3.05) is 25.2 Å². The van der Waals surface area contributed by atoms with Gasteiger partial charge in [0.05, 0.1) is 13.2 Å². The standard InChI is InChI=1S/C17H22N4O2S/c1-23-11-10-21(16(22)13-6-3-2-4-7-13)17-20-19-15(24-17)14-8-5-9-18-12-14/h5,8-9,12-13H,2-4,6-7,10-11H2,1H3. The quantitative estimate of drug-likeness (QED) is 0.804. The number of nitrogens with zero attached hydrogens (tertiary/aromatic N) is 4. The molecule has 0 N–H and O–H groups in total. The summed E-state index contributed by atoms with van der Waals surface area (Å²) in [4.78, 5) is 18.8. The maximum Gasteiger partial charge on any atom is 0.232 e. The summed E-state index contributed by atoms with van der Waals surface area (Å²) in [6.45, 7) is 0.994. The Morgan fingerprint density at radius 3 is 2.88 bits per heavy atom. The Morgan fingerprint density at radius 2 is 2.17 bits per heavy atom.